The molecule has 1 aromatic carbocycles. The van der Waals surface area contributed by atoms with Crippen LogP contribution >= 0.6 is 11.6 Å². The number of carbonyl (C=O) groups is 1. The van der Waals surface area contributed by atoms with Crippen molar-refractivity contribution in [1.82, 2.24) is 10.2 Å². The van der Waals surface area contributed by atoms with Gasteiger partial charge >= 0.3 is 0 Å². The number of amides is 1. The fraction of sp³-hybridized carbons (Fsp3) is 0.533. The van der Waals surface area contributed by atoms with Gasteiger partial charge in [0.15, 0.2) is 0 Å². The molecule has 0 saturated carbocycles. The summed E-state index contributed by atoms with van der Waals surface area (Å²) < 4.78 is 30.0. The zero-order chi connectivity index (χ0) is 17.6. The van der Waals surface area contributed by atoms with Gasteiger partial charge in [-0.25, -0.2) is 8.42 Å². The number of hydrogen-bond acceptors (Lipinski definition) is 5. The Labute approximate surface area is 147 Å². The van der Waals surface area contributed by atoms with Crippen LogP contribution in [0, 0.1) is 0 Å². The number of sulfonamides is 1. The summed E-state index contributed by atoms with van der Waals surface area (Å²) in [5.41, 5.74) is 0.647. The van der Waals surface area contributed by atoms with Crippen LogP contribution < -0.4 is 10.0 Å². The monoisotopic (exact) mass is 375 g/mol. The second-order valence-electron chi connectivity index (χ2n) is 5.63. The van der Waals surface area contributed by atoms with Gasteiger partial charge in [0, 0.05) is 25.2 Å². The van der Waals surface area contributed by atoms with Crippen LogP contribution in [0.25, 0.3) is 0 Å². The Kier molecular flexibility index (Phi) is 6.85. The van der Waals surface area contributed by atoms with Gasteiger partial charge in [-0.1, -0.05) is 11.6 Å². The average molecular weight is 376 g/mol. The first-order chi connectivity index (χ1) is 11.3. The van der Waals surface area contributed by atoms with Crippen molar-refractivity contribution in [1.29, 1.82) is 0 Å². The Morgan fingerprint density at radius 1 is 1.33 bits per heavy atom. The Morgan fingerprint density at radius 3 is 2.67 bits per heavy atom. The van der Waals surface area contributed by atoms with E-state index in [1.54, 1.807) is 0 Å². The van der Waals surface area contributed by atoms with Crippen LogP contribution in [0.2, 0.25) is 5.02 Å². The number of nitrogens with one attached hydrogen (secondary N) is 2. The molecule has 0 unspecified atom stereocenters. The largest absolute Gasteiger partial charge is 0.379 e. The number of carbonyl (C=O) groups excluding carboxylic acids is 1. The molecule has 2 rings (SSSR count). The fourth-order valence-electron chi connectivity index (χ4n) is 2.37. The second kappa shape index (κ2) is 8.66. The first-order valence-corrected chi connectivity index (χ1v) is 9.98. The van der Waals surface area contributed by atoms with E-state index in [-0.39, 0.29) is 16.6 Å². The summed E-state index contributed by atoms with van der Waals surface area (Å²) in [7, 11) is -3.41. The number of benzene rings is 1. The molecule has 7 nitrogen and oxygen atoms in total. The van der Waals surface area contributed by atoms with E-state index in [4.69, 9.17) is 16.3 Å². The van der Waals surface area contributed by atoms with Crippen molar-refractivity contribution in [2.75, 3.05) is 50.4 Å². The van der Waals surface area contributed by atoms with Gasteiger partial charge in [0.25, 0.3) is 5.91 Å². The number of halogens is 1. The van der Waals surface area contributed by atoms with Crippen LogP contribution in [-0.4, -0.2) is 64.9 Å². The van der Waals surface area contributed by atoms with Crippen LogP contribution in [0.5, 0.6) is 0 Å². The summed E-state index contributed by atoms with van der Waals surface area (Å²) in [5.74, 6) is -0.232. The van der Waals surface area contributed by atoms with E-state index in [9.17, 15) is 13.2 Å². The number of morpholine rings is 1. The quantitative estimate of drug-likeness (QED) is 0.698. The van der Waals surface area contributed by atoms with Crippen molar-refractivity contribution in [3.8, 4) is 0 Å². The number of anilines is 1. The molecule has 0 aromatic heterocycles. The summed E-state index contributed by atoms with van der Waals surface area (Å²) in [6.45, 7) is 4.87. The third-order valence-corrected chi connectivity index (χ3v) is 4.47. The molecule has 1 amide bonds. The fourth-order valence-corrected chi connectivity index (χ4v) is 3.23. The van der Waals surface area contributed by atoms with Crippen molar-refractivity contribution in [3.05, 3.63) is 28.8 Å². The summed E-state index contributed by atoms with van der Waals surface area (Å²) in [5, 5.41) is 3.02. The van der Waals surface area contributed by atoms with Gasteiger partial charge < -0.3 is 10.1 Å². The Hall–Kier alpha value is -1.35. The van der Waals surface area contributed by atoms with Gasteiger partial charge in [0.1, 0.15) is 0 Å². The maximum Gasteiger partial charge on any atom is 0.251 e. The van der Waals surface area contributed by atoms with E-state index in [1.165, 1.54) is 18.2 Å². The lowest BCUT2D eigenvalue weighted by atomic mass is 10.2. The molecule has 0 aliphatic carbocycles. The topological polar surface area (TPSA) is 87.7 Å². The lowest BCUT2D eigenvalue weighted by Crippen LogP contribution is -2.38. The zero-order valence-electron chi connectivity index (χ0n) is 13.5. The summed E-state index contributed by atoms with van der Waals surface area (Å²) in [4.78, 5) is 14.4. The van der Waals surface area contributed by atoms with Gasteiger partial charge in [0.2, 0.25) is 10.0 Å². The highest BCUT2D eigenvalue weighted by atomic mass is 35.5. The highest BCUT2D eigenvalue weighted by Gasteiger charge is 2.12. The van der Waals surface area contributed by atoms with E-state index in [0.717, 1.165) is 45.5 Å². The molecular weight excluding hydrogens is 354 g/mol. The molecule has 0 atom stereocenters. The summed E-state index contributed by atoms with van der Waals surface area (Å²) >= 11 is 6.02. The van der Waals surface area contributed by atoms with E-state index in [1.807, 2.05) is 0 Å². The van der Waals surface area contributed by atoms with E-state index in [0.29, 0.717) is 12.1 Å². The molecule has 2 N–H and O–H groups in total. The predicted molar refractivity (Wildman–Crippen MR) is 94.1 cm³/mol. The van der Waals surface area contributed by atoms with Crippen LogP contribution in [0.4, 0.5) is 5.69 Å². The minimum atomic E-state index is -3.41. The molecular formula is C15H22ClN3O4S. The molecule has 0 radical (unpaired) electrons. The minimum Gasteiger partial charge on any atom is -0.379 e. The Bertz CT molecular complexity index is 675. The molecule has 9 heteroatoms. The van der Waals surface area contributed by atoms with Crippen LogP contribution in [-0.2, 0) is 14.8 Å². The van der Waals surface area contributed by atoms with Gasteiger partial charge in [-0.15, -0.1) is 0 Å². The number of rotatable bonds is 7. The minimum absolute atomic E-state index is 0.182. The van der Waals surface area contributed by atoms with Crippen LogP contribution in [0.15, 0.2) is 18.2 Å². The smallest absolute Gasteiger partial charge is 0.251 e. The third kappa shape index (κ3) is 6.27. The molecule has 1 aliphatic heterocycles. The zero-order valence-corrected chi connectivity index (χ0v) is 15.1. The van der Waals surface area contributed by atoms with Crippen LogP contribution in [0.1, 0.15) is 16.8 Å². The molecule has 0 spiro atoms. The normalized spacial score (nSPS) is 15.9. The van der Waals surface area contributed by atoms with Gasteiger partial charge in [-0.3, -0.25) is 14.4 Å². The van der Waals surface area contributed by atoms with E-state index < -0.39 is 10.0 Å². The molecule has 134 valence electrons. The standard InChI is InChI=1S/C15H22ClN3O4S/c1-24(21,22)18-14-4-3-12(11-13(14)16)15(20)17-5-2-6-19-7-9-23-10-8-19/h3-4,11,18H,2,5-10H2,1H3,(H,17,20). The second-order valence-corrected chi connectivity index (χ2v) is 7.79. The lowest BCUT2D eigenvalue weighted by molar-refractivity contribution is 0.0374. The van der Waals surface area contributed by atoms with E-state index in [2.05, 4.69) is 14.9 Å². The number of ether oxygens (including phenoxy) is 1. The first kappa shape index (κ1) is 19.0. The van der Waals surface area contributed by atoms with Crippen molar-refractivity contribution < 1.29 is 17.9 Å². The summed E-state index contributed by atoms with van der Waals surface area (Å²) in [6.07, 6.45) is 1.89. The Morgan fingerprint density at radius 2 is 2.04 bits per heavy atom. The summed E-state index contributed by atoms with van der Waals surface area (Å²) in [6, 6.07) is 4.47. The highest BCUT2D eigenvalue weighted by molar-refractivity contribution is 7.92. The van der Waals surface area contributed by atoms with Crippen LogP contribution in [0.3, 0.4) is 0 Å². The molecule has 24 heavy (non-hydrogen) atoms. The highest BCUT2D eigenvalue weighted by Crippen LogP contribution is 2.23. The van der Waals surface area contributed by atoms with Crippen molar-refractivity contribution in [2.45, 2.75) is 6.42 Å². The van der Waals surface area contributed by atoms with Gasteiger partial charge in [-0.05, 0) is 31.2 Å². The number of hydrogen-bond donors (Lipinski definition) is 2. The predicted octanol–water partition coefficient (Wildman–Crippen LogP) is 1.16. The van der Waals surface area contributed by atoms with E-state index >= 15 is 0 Å². The van der Waals surface area contributed by atoms with Crippen molar-refractivity contribution in [3.63, 3.8) is 0 Å². The SMILES string of the molecule is CS(=O)(=O)Nc1ccc(C(=O)NCCCN2CCOCC2)cc1Cl. The maximum atomic E-state index is 12.1. The molecule has 1 aromatic rings. The van der Waals surface area contributed by atoms with Gasteiger partial charge in [0.05, 0.1) is 30.2 Å². The van der Waals surface area contributed by atoms with Crippen molar-refractivity contribution >= 4 is 33.2 Å². The Balaban J connectivity index is 1.80. The molecule has 1 fully saturated rings. The number of nitrogens with zero attached hydrogens (tertiary/aromatic N) is 1. The third-order valence-electron chi connectivity index (χ3n) is 3.57. The lowest BCUT2D eigenvalue weighted by Gasteiger charge is -2.26. The van der Waals surface area contributed by atoms with Crippen molar-refractivity contribution in [2.24, 2.45) is 0 Å². The van der Waals surface area contributed by atoms with Gasteiger partial charge in [-0.2, -0.15) is 0 Å². The first-order valence-electron chi connectivity index (χ1n) is 7.71. The molecule has 1 aliphatic rings. The molecule has 1 saturated heterocycles. The maximum absolute atomic E-state index is 12.1. The average Bonchev–Trinajstić information content (AvgIpc) is 2.53. The molecule has 1 heterocycles. The molecule has 0 bridgehead atoms.